The van der Waals surface area contributed by atoms with Crippen LogP contribution in [0.25, 0.3) is 0 Å². The molecule has 0 spiro atoms. The molecule has 0 aliphatic carbocycles. The van der Waals surface area contributed by atoms with E-state index in [4.69, 9.17) is 23.2 Å². The van der Waals surface area contributed by atoms with E-state index in [9.17, 15) is 4.79 Å². The van der Waals surface area contributed by atoms with Crippen molar-refractivity contribution in [3.63, 3.8) is 0 Å². The first kappa shape index (κ1) is 18.4. The van der Waals surface area contributed by atoms with Gasteiger partial charge in [-0.25, -0.2) is 4.68 Å². The first-order valence-electron chi connectivity index (χ1n) is 8.06. The number of halogens is 2. The molecule has 0 aliphatic rings. The quantitative estimate of drug-likeness (QED) is 0.698. The van der Waals surface area contributed by atoms with Crippen LogP contribution in [0.15, 0.2) is 54.9 Å². The third-order valence-corrected chi connectivity index (χ3v) is 4.61. The van der Waals surface area contributed by atoms with E-state index in [2.05, 4.69) is 20.8 Å². The minimum atomic E-state index is -0.569. The number of carbonyl (C=O) groups excluding carboxylic acids is 1. The van der Waals surface area contributed by atoms with Crippen LogP contribution in [0.1, 0.15) is 30.1 Å². The number of aromatic nitrogens is 4. The first-order chi connectivity index (χ1) is 12.5. The van der Waals surface area contributed by atoms with E-state index in [1.807, 2.05) is 37.3 Å². The Kier molecular flexibility index (Phi) is 5.85. The van der Waals surface area contributed by atoms with Crippen LogP contribution < -0.4 is 5.32 Å². The molecule has 134 valence electrons. The Balaban J connectivity index is 1.79. The molecular weight excluding hydrogens is 373 g/mol. The molecule has 2 atom stereocenters. The molecule has 1 N–H and O–H groups in total. The third-order valence-electron chi connectivity index (χ3n) is 4.05. The maximum Gasteiger partial charge on any atom is 0.245 e. The van der Waals surface area contributed by atoms with Crippen molar-refractivity contribution in [3.05, 3.63) is 76.0 Å². The molecule has 0 radical (unpaired) electrons. The number of nitrogens with one attached hydrogen (secondary N) is 1. The van der Waals surface area contributed by atoms with Crippen molar-refractivity contribution in [3.8, 4) is 0 Å². The molecule has 2 aromatic carbocycles. The molecule has 6 nitrogen and oxygen atoms in total. The van der Waals surface area contributed by atoms with E-state index in [-0.39, 0.29) is 11.9 Å². The maximum absolute atomic E-state index is 12.9. The van der Waals surface area contributed by atoms with Crippen LogP contribution in [0, 0.1) is 0 Å². The van der Waals surface area contributed by atoms with Gasteiger partial charge in [0.2, 0.25) is 5.91 Å². The second-order valence-electron chi connectivity index (χ2n) is 5.89. The lowest BCUT2D eigenvalue weighted by molar-refractivity contribution is -0.125. The van der Waals surface area contributed by atoms with Crippen molar-refractivity contribution in [1.29, 1.82) is 0 Å². The van der Waals surface area contributed by atoms with Crippen molar-refractivity contribution in [2.24, 2.45) is 0 Å². The SMILES string of the molecule is C[C@H](NC(=O)[C@@H](Cc1ccccc1)n1cnnn1)c1ccc(Cl)cc1Cl. The van der Waals surface area contributed by atoms with Crippen LogP contribution in [-0.2, 0) is 11.2 Å². The molecule has 0 saturated carbocycles. The van der Waals surface area contributed by atoms with E-state index in [0.29, 0.717) is 16.5 Å². The summed E-state index contributed by atoms with van der Waals surface area (Å²) >= 11 is 12.2. The molecule has 1 amide bonds. The van der Waals surface area contributed by atoms with Gasteiger partial charge in [0.1, 0.15) is 12.4 Å². The number of carbonyl (C=O) groups is 1. The van der Waals surface area contributed by atoms with E-state index in [0.717, 1.165) is 11.1 Å². The standard InChI is InChI=1S/C18H17Cl2N5O/c1-12(15-8-7-14(19)10-16(15)20)22-18(26)17(25-11-21-23-24-25)9-13-5-3-2-4-6-13/h2-8,10-12,17H,9H2,1H3,(H,22,26)/t12-,17+/m0/s1. The summed E-state index contributed by atoms with van der Waals surface area (Å²) in [7, 11) is 0. The zero-order valence-corrected chi connectivity index (χ0v) is 15.5. The Labute approximate surface area is 161 Å². The normalized spacial score (nSPS) is 13.2. The fourth-order valence-corrected chi connectivity index (χ4v) is 3.27. The highest BCUT2D eigenvalue weighted by atomic mass is 35.5. The van der Waals surface area contributed by atoms with Crippen LogP contribution in [0.5, 0.6) is 0 Å². The van der Waals surface area contributed by atoms with Gasteiger partial charge in [0.25, 0.3) is 0 Å². The second-order valence-corrected chi connectivity index (χ2v) is 6.74. The highest BCUT2D eigenvalue weighted by molar-refractivity contribution is 6.35. The fraction of sp³-hybridized carbons (Fsp3) is 0.222. The number of hydrogen-bond donors (Lipinski definition) is 1. The second kappa shape index (κ2) is 8.29. The zero-order valence-electron chi connectivity index (χ0n) is 14.0. The Morgan fingerprint density at radius 2 is 1.96 bits per heavy atom. The van der Waals surface area contributed by atoms with Gasteiger partial charge in [-0.3, -0.25) is 4.79 Å². The molecule has 1 heterocycles. The predicted octanol–water partition coefficient (Wildman–Crippen LogP) is 3.64. The Bertz CT molecular complexity index is 871. The van der Waals surface area contributed by atoms with Gasteiger partial charge in [-0.2, -0.15) is 0 Å². The lowest BCUT2D eigenvalue weighted by Crippen LogP contribution is -2.36. The maximum atomic E-state index is 12.9. The molecule has 0 aliphatic heterocycles. The molecular formula is C18H17Cl2N5O. The largest absolute Gasteiger partial charge is 0.348 e. The summed E-state index contributed by atoms with van der Waals surface area (Å²) in [5, 5.41) is 15.2. The van der Waals surface area contributed by atoms with E-state index < -0.39 is 6.04 Å². The van der Waals surface area contributed by atoms with Gasteiger partial charge in [0, 0.05) is 16.5 Å². The van der Waals surface area contributed by atoms with Gasteiger partial charge >= 0.3 is 0 Å². The molecule has 1 aromatic heterocycles. The van der Waals surface area contributed by atoms with Crippen molar-refractivity contribution < 1.29 is 4.79 Å². The smallest absolute Gasteiger partial charge is 0.245 e. The number of nitrogens with zero attached hydrogens (tertiary/aromatic N) is 4. The number of tetrazole rings is 1. The fourth-order valence-electron chi connectivity index (χ4n) is 2.69. The third kappa shape index (κ3) is 4.39. The van der Waals surface area contributed by atoms with E-state index in [1.54, 1.807) is 18.2 Å². The molecule has 3 rings (SSSR count). The summed E-state index contributed by atoms with van der Waals surface area (Å²) in [6, 6.07) is 14.1. The predicted molar refractivity (Wildman–Crippen MR) is 100 cm³/mol. The van der Waals surface area contributed by atoms with Crippen molar-refractivity contribution in [1.82, 2.24) is 25.5 Å². The van der Waals surface area contributed by atoms with Crippen LogP contribution in [0.2, 0.25) is 10.0 Å². The minimum Gasteiger partial charge on any atom is -0.348 e. The highest BCUT2D eigenvalue weighted by Gasteiger charge is 2.24. The summed E-state index contributed by atoms with van der Waals surface area (Å²) in [4.78, 5) is 12.9. The number of hydrogen-bond acceptors (Lipinski definition) is 4. The Morgan fingerprint density at radius 3 is 2.62 bits per heavy atom. The zero-order chi connectivity index (χ0) is 18.5. The van der Waals surface area contributed by atoms with Gasteiger partial charge in [-0.15, -0.1) is 5.10 Å². The average Bonchev–Trinajstić information content (AvgIpc) is 3.14. The van der Waals surface area contributed by atoms with Gasteiger partial charge in [0.15, 0.2) is 0 Å². The van der Waals surface area contributed by atoms with E-state index in [1.165, 1.54) is 11.0 Å². The van der Waals surface area contributed by atoms with Gasteiger partial charge in [-0.05, 0) is 40.6 Å². The lowest BCUT2D eigenvalue weighted by atomic mass is 10.0. The molecule has 0 bridgehead atoms. The number of amides is 1. The summed E-state index contributed by atoms with van der Waals surface area (Å²) < 4.78 is 1.46. The Morgan fingerprint density at radius 1 is 1.19 bits per heavy atom. The monoisotopic (exact) mass is 389 g/mol. The van der Waals surface area contributed by atoms with Crippen LogP contribution >= 0.6 is 23.2 Å². The molecule has 0 fully saturated rings. The van der Waals surface area contributed by atoms with E-state index >= 15 is 0 Å². The van der Waals surface area contributed by atoms with Gasteiger partial charge in [-0.1, -0.05) is 59.6 Å². The summed E-state index contributed by atoms with van der Waals surface area (Å²) in [5.41, 5.74) is 1.81. The van der Waals surface area contributed by atoms with Crippen LogP contribution in [0.4, 0.5) is 0 Å². The van der Waals surface area contributed by atoms with Crippen molar-refractivity contribution in [2.45, 2.75) is 25.4 Å². The minimum absolute atomic E-state index is 0.195. The number of benzene rings is 2. The highest BCUT2D eigenvalue weighted by Crippen LogP contribution is 2.26. The van der Waals surface area contributed by atoms with Crippen molar-refractivity contribution >= 4 is 29.1 Å². The summed E-state index contributed by atoms with van der Waals surface area (Å²) in [5.74, 6) is -0.195. The molecule has 0 saturated heterocycles. The first-order valence-corrected chi connectivity index (χ1v) is 8.82. The topological polar surface area (TPSA) is 72.7 Å². The molecule has 8 heteroatoms. The number of rotatable bonds is 6. The summed E-state index contributed by atoms with van der Waals surface area (Å²) in [6.45, 7) is 1.87. The van der Waals surface area contributed by atoms with Gasteiger partial charge < -0.3 is 5.32 Å². The molecule has 3 aromatic rings. The average molecular weight is 390 g/mol. The van der Waals surface area contributed by atoms with Crippen molar-refractivity contribution in [2.75, 3.05) is 0 Å². The van der Waals surface area contributed by atoms with Crippen LogP contribution in [-0.4, -0.2) is 26.1 Å². The molecule has 26 heavy (non-hydrogen) atoms. The Hall–Kier alpha value is -2.44. The van der Waals surface area contributed by atoms with Gasteiger partial charge in [0.05, 0.1) is 6.04 Å². The van der Waals surface area contributed by atoms with Crippen LogP contribution in [0.3, 0.4) is 0 Å². The molecule has 0 unspecified atom stereocenters. The summed E-state index contributed by atoms with van der Waals surface area (Å²) in [6.07, 6.45) is 1.91. The lowest BCUT2D eigenvalue weighted by Gasteiger charge is -2.21.